The summed E-state index contributed by atoms with van der Waals surface area (Å²) in [6.45, 7) is 6.11. The van der Waals surface area contributed by atoms with Crippen molar-refractivity contribution in [3.05, 3.63) is 72.0 Å². The van der Waals surface area contributed by atoms with Crippen molar-refractivity contribution in [2.24, 2.45) is 11.7 Å². The molecule has 0 aromatic rings. The minimum absolute atomic E-state index is 0.505. The first kappa shape index (κ1) is 18.5. The van der Waals surface area contributed by atoms with E-state index in [0.717, 1.165) is 12.1 Å². The Kier molecular flexibility index (Phi) is 11.6. The van der Waals surface area contributed by atoms with Crippen LogP contribution in [0, 0.1) is 5.92 Å². The molecule has 0 aliphatic heterocycles. The molecule has 2 heteroatoms. The Morgan fingerprint density at radius 2 is 1.85 bits per heavy atom. The zero-order valence-electron chi connectivity index (χ0n) is 12.7. The molecule has 2 N–H and O–H groups in total. The lowest BCUT2D eigenvalue weighted by atomic mass is 10.1. The molecule has 0 radical (unpaired) electrons. The highest BCUT2D eigenvalue weighted by Crippen LogP contribution is 2.08. The Labute approximate surface area is 128 Å². The molecule has 0 fully saturated rings. The van der Waals surface area contributed by atoms with Gasteiger partial charge >= 0.3 is 0 Å². The Bertz CT molecular complexity index is 419. The Balaban J connectivity index is 4.30. The van der Waals surface area contributed by atoms with Crippen LogP contribution in [0.3, 0.4) is 0 Å². The van der Waals surface area contributed by atoms with Crippen molar-refractivity contribution in [1.29, 1.82) is 0 Å². The molecule has 0 saturated carbocycles. The van der Waals surface area contributed by atoms with Gasteiger partial charge in [0.25, 0.3) is 0 Å². The van der Waals surface area contributed by atoms with Crippen LogP contribution in [-0.2, 0) is 0 Å². The summed E-state index contributed by atoms with van der Waals surface area (Å²) >= 11 is 5.55. The Morgan fingerprint density at radius 3 is 2.45 bits per heavy atom. The van der Waals surface area contributed by atoms with Gasteiger partial charge < -0.3 is 5.73 Å². The van der Waals surface area contributed by atoms with Crippen molar-refractivity contribution < 1.29 is 0 Å². The van der Waals surface area contributed by atoms with Gasteiger partial charge in [-0.1, -0.05) is 61.6 Å². The highest BCUT2D eigenvalue weighted by Gasteiger charge is 1.92. The van der Waals surface area contributed by atoms with Gasteiger partial charge in [0.15, 0.2) is 0 Å². The molecular formula is C18H26ClN. The summed E-state index contributed by atoms with van der Waals surface area (Å²) in [7, 11) is 0. The smallest absolute Gasteiger partial charge is 0.0407 e. The largest absolute Gasteiger partial charge is 0.402 e. The zero-order chi connectivity index (χ0) is 15.2. The van der Waals surface area contributed by atoms with E-state index < -0.39 is 0 Å². The summed E-state index contributed by atoms with van der Waals surface area (Å²) in [6.07, 6.45) is 21.5. The average molecular weight is 292 g/mol. The minimum Gasteiger partial charge on any atom is -0.402 e. The van der Waals surface area contributed by atoms with Gasteiger partial charge in [0.2, 0.25) is 0 Å². The number of nitrogens with two attached hydrogens (primary N) is 1. The van der Waals surface area contributed by atoms with Crippen LogP contribution < -0.4 is 5.73 Å². The van der Waals surface area contributed by atoms with Crippen LogP contribution in [0.15, 0.2) is 72.0 Å². The molecule has 0 aliphatic rings. The van der Waals surface area contributed by atoms with Crippen molar-refractivity contribution in [2.45, 2.75) is 27.2 Å². The Hall–Kier alpha value is -1.47. The first-order valence-corrected chi connectivity index (χ1v) is 7.46. The molecule has 1 atom stereocenters. The first-order chi connectivity index (χ1) is 9.60. The maximum atomic E-state index is 5.58. The second-order valence-corrected chi connectivity index (χ2v) is 4.95. The summed E-state index contributed by atoms with van der Waals surface area (Å²) in [4.78, 5) is 0. The highest BCUT2D eigenvalue weighted by molar-refractivity contribution is 6.18. The molecule has 0 aromatic heterocycles. The van der Waals surface area contributed by atoms with E-state index in [0.29, 0.717) is 11.8 Å². The second kappa shape index (κ2) is 12.6. The molecule has 0 amide bonds. The molecule has 0 aliphatic carbocycles. The van der Waals surface area contributed by atoms with Crippen LogP contribution in [0.25, 0.3) is 0 Å². The van der Waals surface area contributed by atoms with E-state index in [9.17, 15) is 0 Å². The van der Waals surface area contributed by atoms with Crippen molar-refractivity contribution in [3.63, 3.8) is 0 Å². The molecule has 1 unspecified atom stereocenters. The molecule has 0 bridgehead atoms. The summed E-state index contributed by atoms with van der Waals surface area (Å²) in [5.41, 5.74) is 7.57. The van der Waals surface area contributed by atoms with Gasteiger partial charge in [0.05, 0.1) is 0 Å². The van der Waals surface area contributed by atoms with Gasteiger partial charge in [0, 0.05) is 11.6 Å². The molecule has 0 rings (SSSR count). The topological polar surface area (TPSA) is 26.0 Å². The SMILES string of the molecule is C/C=C(\C=C/C=C(/C)N)/C=C/C(C)C/C=C\C=C/CCl. The standard InChI is InChI=1S/C18H26ClN/c1-4-18(12-9-11-17(3)20)14-13-16(2)10-7-5-6-8-15-19/h4-9,11-14,16H,10,15,20H2,1-3H3/b7-5-,8-6-,12-9-,14-13+,17-11-,18-4+. The molecular weight excluding hydrogens is 266 g/mol. The van der Waals surface area contributed by atoms with Gasteiger partial charge in [-0.3, -0.25) is 0 Å². The summed E-state index contributed by atoms with van der Waals surface area (Å²) in [5.74, 6) is 1.07. The van der Waals surface area contributed by atoms with Crippen molar-refractivity contribution in [1.82, 2.24) is 0 Å². The lowest BCUT2D eigenvalue weighted by molar-refractivity contribution is 0.744. The lowest BCUT2D eigenvalue weighted by Crippen LogP contribution is -1.88. The van der Waals surface area contributed by atoms with E-state index in [1.807, 2.05) is 44.2 Å². The molecule has 20 heavy (non-hydrogen) atoms. The third-order valence-electron chi connectivity index (χ3n) is 2.58. The number of halogens is 1. The van der Waals surface area contributed by atoms with Gasteiger partial charge in [-0.05, 0) is 37.8 Å². The third kappa shape index (κ3) is 11.6. The quantitative estimate of drug-likeness (QED) is 0.477. The van der Waals surface area contributed by atoms with Crippen LogP contribution in [0.4, 0.5) is 0 Å². The number of hydrogen-bond donors (Lipinski definition) is 1. The molecule has 1 nitrogen and oxygen atoms in total. The van der Waals surface area contributed by atoms with E-state index in [2.05, 4.69) is 37.3 Å². The summed E-state index contributed by atoms with van der Waals surface area (Å²) < 4.78 is 0. The predicted octanol–water partition coefficient (Wildman–Crippen LogP) is 5.29. The normalized spacial score (nSPS) is 16.2. The number of rotatable bonds is 8. The predicted molar refractivity (Wildman–Crippen MR) is 92.8 cm³/mol. The van der Waals surface area contributed by atoms with Crippen LogP contribution in [0.5, 0.6) is 0 Å². The van der Waals surface area contributed by atoms with Crippen LogP contribution in [0.2, 0.25) is 0 Å². The zero-order valence-corrected chi connectivity index (χ0v) is 13.5. The summed E-state index contributed by atoms with van der Waals surface area (Å²) in [6, 6.07) is 0. The van der Waals surface area contributed by atoms with Gasteiger partial charge in [-0.2, -0.15) is 0 Å². The van der Waals surface area contributed by atoms with Gasteiger partial charge in [-0.25, -0.2) is 0 Å². The maximum absolute atomic E-state index is 5.58. The monoisotopic (exact) mass is 291 g/mol. The van der Waals surface area contributed by atoms with E-state index in [4.69, 9.17) is 17.3 Å². The van der Waals surface area contributed by atoms with Gasteiger partial charge in [0.1, 0.15) is 0 Å². The fourth-order valence-corrected chi connectivity index (χ4v) is 1.52. The third-order valence-corrected chi connectivity index (χ3v) is 2.76. The Morgan fingerprint density at radius 1 is 1.15 bits per heavy atom. The molecule has 0 aromatic carbocycles. The molecule has 0 spiro atoms. The second-order valence-electron chi connectivity index (χ2n) is 4.64. The van der Waals surface area contributed by atoms with E-state index >= 15 is 0 Å². The number of alkyl halides is 1. The van der Waals surface area contributed by atoms with E-state index in [-0.39, 0.29) is 0 Å². The van der Waals surface area contributed by atoms with Crippen LogP contribution in [0.1, 0.15) is 27.2 Å². The van der Waals surface area contributed by atoms with E-state index in [1.54, 1.807) is 0 Å². The number of hydrogen-bond acceptors (Lipinski definition) is 1. The van der Waals surface area contributed by atoms with Crippen molar-refractivity contribution >= 4 is 11.6 Å². The summed E-state index contributed by atoms with van der Waals surface area (Å²) in [5, 5.41) is 0. The minimum atomic E-state index is 0.505. The fraction of sp³-hybridized carbons (Fsp3) is 0.333. The number of allylic oxidation sites excluding steroid dienone is 12. The molecule has 0 saturated heterocycles. The fourth-order valence-electron chi connectivity index (χ4n) is 1.41. The molecule has 0 heterocycles. The average Bonchev–Trinajstić information content (AvgIpc) is 2.42. The molecule has 110 valence electrons. The van der Waals surface area contributed by atoms with Crippen LogP contribution >= 0.6 is 11.6 Å². The van der Waals surface area contributed by atoms with Gasteiger partial charge in [-0.15, -0.1) is 11.6 Å². The maximum Gasteiger partial charge on any atom is 0.0407 e. The van der Waals surface area contributed by atoms with Crippen LogP contribution in [-0.4, -0.2) is 5.88 Å². The highest BCUT2D eigenvalue weighted by atomic mass is 35.5. The lowest BCUT2D eigenvalue weighted by Gasteiger charge is -2.01. The first-order valence-electron chi connectivity index (χ1n) is 6.92. The van der Waals surface area contributed by atoms with Crippen molar-refractivity contribution in [3.8, 4) is 0 Å². The van der Waals surface area contributed by atoms with E-state index in [1.165, 1.54) is 5.57 Å². The van der Waals surface area contributed by atoms with Crippen molar-refractivity contribution in [2.75, 3.05) is 5.88 Å².